The van der Waals surface area contributed by atoms with Gasteiger partial charge in [-0.15, -0.1) is 0 Å². The maximum Gasteiger partial charge on any atom is 0.353 e. The molecule has 0 radical (unpaired) electrons. The maximum absolute atomic E-state index is 11.2. The van der Waals surface area contributed by atoms with Gasteiger partial charge in [-0.25, -0.2) is 4.79 Å². The molecule has 0 aliphatic heterocycles. The Hall–Kier alpha value is -0.820. The molecule has 0 aromatic heterocycles. The first-order valence-corrected chi connectivity index (χ1v) is 6.73. The summed E-state index contributed by atoms with van der Waals surface area (Å²) in [6.07, 6.45) is -8.53. The van der Waals surface area contributed by atoms with Gasteiger partial charge in [0.2, 0.25) is 0 Å². The first kappa shape index (κ1) is 18.2. The molecule has 0 heterocycles. The van der Waals surface area contributed by atoms with Gasteiger partial charge in [0.15, 0.2) is 6.10 Å². The SMILES string of the molecule is NCCS(=O)(=O)OC(=O)[C@H](O)[C@@H](O)[C@H](O)[C@H](O)CO. The fourth-order valence-corrected chi connectivity index (χ4v) is 1.74. The van der Waals surface area contributed by atoms with Crippen molar-refractivity contribution in [3.05, 3.63) is 0 Å². The van der Waals surface area contributed by atoms with Crippen molar-refractivity contribution in [2.75, 3.05) is 18.9 Å². The fraction of sp³-hybridized carbons (Fsp3) is 0.875. The van der Waals surface area contributed by atoms with E-state index in [2.05, 4.69) is 4.18 Å². The number of carbonyl (C=O) groups excluding carboxylic acids is 1. The minimum Gasteiger partial charge on any atom is -0.394 e. The predicted octanol–water partition coefficient (Wildman–Crippen LogP) is -4.75. The number of hydrogen-bond acceptors (Lipinski definition) is 10. The van der Waals surface area contributed by atoms with E-state index < -0.39 is 52.9 Å². The second-order valence-corrected chi connectivity index (χ2v) is 5.32. The van der Waals surface area contributed by atoms with Crippen molar-refractivity contribution < 1.29 is 42.9 Å². The molecule has 0 bridgehead atoms. The zero-order valence-electron chi connectivity index (χ0n) is 9.79. The van der Waals surface area contributed by atoms with Crippen molar-refractivity contribution in [3.63, 3.8) is 0 Å². The van der Waals surface area contributed by atoms with Crippen LogP contribution in [0.5, 0.6) is 0 Å². The first-order valence-electron chi connectivity index (χ1n) is 5.15. The zero-order chi connectivity index (χ0) is 15.2. The van der Waals surface area contributed by atoms with Crippen molar-refractivity contribution in [1.82, 2.24) is 0 Å². The molecule has 4 atom stereocenters. The molecule has 0 rings (SSSR count). The van der Waals surface area contributed by atoms with Gasteiger partial charge in [-0.1, -0.05) is 0 Å². The molecule has 0 aromatic carbocycles. The Balaban J connectivity index is 4.65. The van der Waals surface area contributed by atoms with Gasteiger partial charge in [0.25, 0.3) is 0 Å². The number of rotatable bonds is 8. The van der Waals surface area contributed by atoms with Gasteiger partial charge in [0.1, 0.15) is 18.3 Å². The summed E-state index contributed by atoms with van der Waals surface area (Å²) in [4.78, 5) is 11.2. The molecule has 0 saturated heterocycles. The first-order chi connectivity index (χ1) is 8.66. The molecule has 0 aliphatic carbocycles. The van der Waals surface area contributed by atoms with Crippen molar-refractivity contribution in [2.45, 2.75) is 24.4 Å². The van der Waals surface area contributed by atoms with Crippen LogP contribution in [-0.4, -0.2) is 83.2 Å². The normalized spacial score (nSPS) is 18.4. The highest BCUT2D eigenvalue weighted by atomic mass is 32.2. The van der Waals surface area contributed by atoms with Gasteiger partial charge >= 0.3 is 16.1 Å². The molecule has 10 nitrogen and oxygen atoms in total. The van der Waals surface area contributed by atoms with Crippen LogP contribution in [0.2, 0.25) is 0 Å². The van der Waals surface area contributed by atoms with Crippen LogP contribution in [-0.2, 0) is 19.1 Å². The van der Waals surface area contributed by atoms with Gasteiger partial charge in [0, 0.05) is 6.54 Å². The van der Waals surface area contributed by atoms with Crippen molar-refractivity contribution in [3.8, 4) is 0 Å². The van der Waals surface area contributed by atoms with Gasteiger partial charge < -0.3 is 35.4 Å². The highest BCUT2D eigenvalue weighted by molar-refractivity contribution is 7.87. The third-order valence-corrected chi connectivity index (χ3v) is 3.23. The van der Waals surface area contributed by atoms with E-state index in [4.69, 9.17) is 15.9 Å². The molecule has 11 heteroatoms. The molecule has 0 saturated carbocycles. The van der Waals surface area contributed by atoms with E-state index in [-0.39, 0.29) is 6.54 Å². The fourth-order valence-electron chi connectivity index (χ4n) is 1.02. The van der Waals surface area contributed by atoms with Gasteiger partial charge in [0.05, 0.1) is 12.4 Å². The summed E-state index contributed by atoms with van der Waals surface area (Å²) in [5.41, 5.74) is 4.95. The van der Waals surface area contributed by atoms with Crippen LogP contribution in [0.15, 0.2) is 0 Å². The number of carbonyl (C=O) groups is 1. The van der Waals surface area contributed by atoms with Crippen LogP contribution in [0.25, 0.3) is 0 Å². The molecule has 0 unspecified atom stereocenters. The second kappa shape index (κ2) is 7.69. The molecule has 19 heavy (non-hydrogen) atoms. The number of aliphatic hydroxyl groups excluding tert-OH is 5. The van der Waals surface area contributed by atoms with Gasteiger partial charge in [-0.3, -0.25) is 0 Å². The van der Waals surface area contributed by atoms with Crippen molar-refractivity contribution in [1.29, 1.82) is 0 Å². The van der Waals surface area contributed by atoms with Crippen molar-refractivity contribution >= 4 is 16.1 Å². The molecule has 0 spiro atoms. The van der Waals surface area contributed by atoms with Gasteiger partial charge in [-0.2, -0.15) is 8.42 Å². The molecule has 0 aliphatic rings. The Labute approximate surface area is 109 Å². The highest BCUT2D eigenvalue weighted by Crippen LogP contribution is 2.08. The summed E-state index contributed by atoms with van der Waals surface area (Å²) in [5.74, 6) is -2.41. The summed E-state index contributed by atoms with van der Waals surface area (Å²) >= 11 is 0. The molecule has 0 amide bonds. The zero-order valence-corrected chi connectivity index (χ0v) is 10.6. The van der Waals surface area contributed by atoms with E-state index in [0.29, 0.717) is 0 Å². The standard InChI is InChI=1S/C8H17NO9S/c9-1-2-19(16,17)18-8(15)7(14)6(13)5(12)4(11)3-10/h4-7,10-14H,1-3,9H2/t4-,5-,6+,7-/m1/s1. The van der Waals surface area contributed by atoms with E-state index in [1.165, 1.54) is 0 Å². The van der Waals surface area contributed by atoms with Crippen LogP contribution >= 0.6 is 0 Å². The molecule has 7 N–H and O–H groups in total. The smallest absolute Gasteiger partial charge is 0.353 e. The summed E-state index contributed by atoms with van der Waals surface area (Å²) in [6, 6.07) is 0. The summed E-state index contributed by atoms with van der Waals surface area (Å²) in [6.45, 7) is -1.26. The minimum atomic E-state index is -4.30. The quantitative estimate of drug-likeness (QED) is 0.237. The molecule has 114 valence electrons. The summed E-state index contributed by atoms with van der Waals surface area (Å²) in [5, 5.41) is 45.3. The molecule has 0 aromatic rings. The van der Waals surface area contributed by atoms with Crippen molar-refractivity contribution in [2.24, 2.45) is 5.73 Å². The number of hydrogen-bond donors (Lipinski definition) is 6. The third kappa shape index (κ3) is 5.78. The molecule has 0 fully saturated rings. The summed E-state index contributed by atoms with van der Waals surface area (Å²) < 4.78 is 26.0. The monoisotopic (exact) mass is 303 g/mol. The van der Waals surface area contributed by atoms with Gasteiger partial charge in [-0.05, 0) is 0 Å². The number of aliphatic hydroxyl groups is 5. The Kier molecular flexibility index (Phi) is 7.36. The van der Waals surface area contributed by atoms with Crippen LogP contribution in [0, 0.1) is 0 Å². The molecular formula is C8H17NO9S. The highest BCUT2D eigenvalue weighted by Gasteiger charge is 2.36. The van der Waals surface area contributed by atoms with E-state index >= 15 is 0 Å². The lowest BCUT2D eigenvalue weighted by Crippen LogP contribution is -2.49. The molecular weight excluding hydrogens is 286 g/mol. The Morgan fingerprint density at radius 2 is 1.68 bits per heavy atom. The topological polar surface area (TPSA) is 188 Å². The largest absolute Gasteiger partial charge is 0.394 e. The Morgan fingerprint density at radius 1 is 1.16 bits per heavy atom. The van der Waals surface area contributed by atoms with E-state index in [0.717, 1.165) is 0 Å². The lowest BCUT2D eigenvalue weighted by molar-refractivity contribution is -0.161. The summed E-state index contributed by atoms with van der Waals surface area (Å²) in [7, 11) is -4.30. The van der Waals surface area contributed by atoms with E-state index in [1.807, 2.05) is 0 Å². The van der Waals surface area contributed by atoms with Crippen LogP contribution < -0.4 is 5.73 Å². The Morgan fingerprint density at radius 3 is 2.11 bits per heavy atom. The number of nitrogens with two attached hydrogens (primary N) is 1. The van der Waals surface area contributed by atoms with Crippen LogP contribution in [0.1, 0.15) is 0 Å². The predicted molar refractivity (Wildman–Crippen MR) is 60.0 cm³/mol. The maximum atomic E-state index is 11.2. The lowest BCUT2D eigenvalue weighted by Gasteiger charge is -2.24. The minimum absolute atomic E-state index is 0.319. The Bertz CT molecular complexity index is 384. The second-order valence-electron chi connectivity index (χ2n) is 3.63. The van der Waals surface area contributed by atoms with E-state index in [1.54, 1.807) is 0 Å². The third-order valence-electron chi connectivity index (χ3n) is 2.07. The lowest BCUT2D eigenvalue weighted by atomic mass is 10.0. The average molecular weight is 303 g/mol. The van der Waals surface area contributed by atoms with Crippen LogP contribution in [0.4, 0.5) is 0 Å². The van der Waals surface area contributed by atoms with E-state index in [9.17, 15) is 28.5 Å². The van der Waals surface area contributed by atoms with Crippen LogP contribution in [0.3, 0.4) is 0 Å². The average Bonchev–Trinajstić information content (AvgIpc) is 2.34.